The van der Waals surface area contributed by atoms with Gasteiger partial charge >= 0.3 is 179 Å². The molecule has 7 heteroatoms. The topological polar surface area (TPSA) is 77.9 Å². The summed E-state index contributed by atoms with van der Waals surface area (Å²) in [6.45, 7) is 6.70. The van der Waals surface area contributed by atoms with Crippen LogP contribution in [-0.2, 0) is 14.4 Å². The molecule has 2 amide bonds. The number of hydrogen-bond acceptors (Lipinski definition) is 4. The van der Waals surface area contributed by atoms with Gasteiger partial charge in [-0.3, -0.25) is 0 Å². The van der Waals surface area contributed by atoms with Gasteiger partial charge in [0, 0.05) is 0 Å². The molecule has 0 aromatic carbocycles. The predicted molar refractivity (Wildman–Crippen MR) is 116 cm³/mol. The van der Waals surface area contributed by atoms with Crippen LogP contribution in [0.2, 0.25) is 13.3 Å². The number of unbranched alkanes of at least 4 members (excludes halogenated alkanes) is 3. The second kappa shape index (κ2) is 11.2. The first-order chi connectivity index (χ1) is 13.9. The molecule has 0 atom stereocenters. The van der Waals surface area contributed by atoms with Crippen molar-refractivity contribution in [2.75, 3.05) is 6.54 Å². The zero-order chi connectivity index (χ0) is 21.4. The van der Waals surface area contributed by atoms with Gasteiger partial charge in [0.1, 0.15) is 0 Å². The van der Waals surface area contributed by atoms with Crippen LogP contribution < -0.4 is 0 Å². The van der Waals surface area contributed by atoms with Gasteiger partial charge in [-0.05, 0) is 0 Å². The zero-order valence-corrected chi connectivity index (χ0v) is 21.1. The van der Waals surface area contributed by atoms with Crippen LogP contribution in [0.4, 0.5) is 0 Å². The van der Waals surface area contributed by atoms with E-state index >= 15 is 0 Å². The van der Waals surface area contributed by atoms with Crippen molar-refractivity contribution in [1.82, 2.24) is 10.0 Å². The van der Waals surface area contributed by atoms with Crippen LogP contribution >= 0.6 is 0 Å². The van der Waals surface area contributed by atoms with Gasteiger partial charge in [0.15, 0.2) is 0 Å². The fourth-order valence-corrected chi connectivity index (χ4v) is 20.4. The molecule has 1 fully saturated rings. The summed E-state index contributed by atoms with van der Waals surface area (Å²) in [5.74, 6) is -1.41. The molecule has 0 bridgehead atoms. The molecule has 1 N–H and O–H groups in total. The number of carbonyl (C=O) groups is 3. The summed E-state index contributed by atoms with van der Waals surface area (Å²) in [6, 6.07) is 0. The molecule has 2 aliphatic rings. The fourth-order valence-electron chi connectivity index (χ4n) is 4.40. The third-order valence-corrected chi connectivity index (χ3v) is 21.6. The van der Waals surface area contributed by atoms with Gasteiger partial charge in [-0.25, -0.2) is 0 Å². The molecule has 162 valence electrons. The summed E-state index contributed by atoms with van der Waals surface area (Å²) >= 11 is -2.89. The van der Waals surface area contributed by atoms with E-state index < -0.39 is 24.3 Å². The van der Waals surface area contributed by atoms with Crippen LogP contribution in [0.25, 0.3) is 0 Å². The minimum atomic E-state index is -2.89. The standard InChI is InChI=1S/C10H9N2O4.3C4H9.Sn/c13-8-3-4-9(14)12(8)11-5-1-2-7(6-11)10(15)16;3*1-3-4-2;/h2,5H,3-4,6H2,(H,15,16);3*1,3-4H2,2H3;. The summed E-state index contributed by atoms with van der Waals surface area (Å²) in [6.07, 6.45) is 11.2. The number of allylic oxidation sites excluding steroid dienone is 2. The van der Waals surface area contributed by atoms with Crippen molar-refractivity contribution < 1.29 is 19.5 Å². The molecule has 2 heterocycles. The Morgan fingerprint density at radius 3 is 1.86 bits per heavy atom. The van der Waals surface area contributed by atoms with Crippen molar-refractivity contribution in [3.05, 3.63) is 21.4 Å². The van der Waals surface area contributed by atoms with Crippen molar-refractivity contribution in [2.24, 2.45) is 0 Å². The van der Waals surface area contributed by atoms with Crippen LogP contribution in [0.15, 0.2) is 21.4 Å². The molecule has 0 aromatic rings. The van der Waals surface area contributed by atoms with E-state index in [0.717, 1.165) is 19.3 Å². The first-order valence-corrected chi connectivity index (χ1v) is 18.6. The van der Waals surface area contributed by atoms with Gasteiger partial charge in [-0.15, -0.1) is 0 Å². The zero-order valence-electron chi connectivity index (χ0n) is 18.2. The molecule has 0 aromatic heterocycles. The minimum absolute atomic E-state index is 0.0770. The Kier molecular flexibility index (Phi) is 9.24. The second-order valence-electron chi connectivity index (χ2n) is 8.35. The van der Waals surface area contributed by atoms with Crippen LogP contribution in [0.3, 0.4) is 0 Å². The summed E-state index contributed by atoms with van der Waals surface area (Å²) < 4.78 is 4.79. The molecule has 0 saturated carbocycles. The van der Waals surface area contributed by atoms with E-state index in [-0.39, 0.29) is 31.2 Å². The molecule has 29 heavy (non-hydrogen) atoms. The number of hydrogen-bond donors (Lipinski definition) is 1. The number of carbonyl (C=O) groups excluding carboxylic acids is 2. The number of carboxylic acids is 1. The molecule has 2 aliphatic heterocycles. The Morgan fingerprint density at radius 2 is 1.45 bits per heavy atom. The molecule has 6 nitrogen and oxygen atoms in total. The van der Waals surface area contributed by atoms with Gasteiger partial charge in [-0.1, -0.05) is 0 Å². The van der Waals surface area contributed by atoms with Crippen molar-refractivity contribution in [3.8, 4) is 0 Å². The third-order valence-electron chi connectivity index (χ3n) is 6.15. The Hall–Kier alpha value is -1.31. The van der Waals surface area contributed by atoms with Crippen molar-refractivity contribution >= 4 is 36.2 Å². The Labute approximate surface area is 178 Å². The molecular formula is C22H36N2O4Sn. The number of carboxylic acid groups (broad SMARTS) is 1. The normalized spacial score (nSPS) is 17.6. The number of imide groups is 1. The number of rotatable bonds is 12. The van der Waals surface area contributed by atoms with Gasteiger partial charge in [0.25, 0.3) is 0 Å². The van der Waals surface area contributed by atoms with Crippen LogP contribution in [0.5, 0.6) is 0 Å². The Morgan fingerprint density at radius 1 is 0.966 bits per heavy atom. The molecule has 0 aliphatic carbocycles. The fraction of sp³-hybridized carbons (Fsp3) is 0.682. The Balaban J connectivity index is 2.50. The summed E-state index contributed by atoms with van der Waals surface area (Å²) in [5.41, 5.74) is 0.292. The predicted octanol–water partition coefficient (Wildman–Crippen LogP) is 4.65. The van der Waals surface area contributed by atoms with E-state index in [2.05, 4.69) is 20.8 Å². The van der Waals surface area contributed by atoms with Gasteiger partial charge in [0.05, 0.1) is 0 Å². The van der Waals surface area contributed by atoms with E-state index in [4.69, 9.17) is 0 Å². The van der Waals surface area contributed by atoms with Gasteiger partial charge in [0.2, 0.25) is 0 Å². The maximum atomic E-state index is 12.3. The summed E-state index contributed by atoms with van der Waals surface area (Å²) in [7, 11) is 0. The van der Waals surface area contributed by atoms with Crippen LogP contribution in [0, 0.1) is 0 Å². The quantitative estimate of drug-likeness (QED) is 0.305. The van der Waals surface area contributed by atoms with E-state index in [1.54, 1.807) is 5.01 Å². The summed E-state index contributed by atoms with van der Waals surface area (Å²) in [4.78, 5) is 36.5. The second-order valence-corrected chi connectivity index (χ2v) is 21.6. The number of amides is 2. The van der Waals surface area contributed by atoms with Crippen LogP contribution in [0.1, 0.15) is 72.1 Å². The SMILES string of the molecule is CCC[CH2][Sn]([CH2]CCC)([CH2]CCC)[C]1=CN(N2C(=O)CCC2=O)CC(C(=O)O)=C1. The summed E-state index contributed by atoms with van der Waals surface area (Å²) in [5, 5.41) is 12.5. The monoisotopic (exact) mass is 512 g/mol. The van der Waals surface area contributed by atoms with E-state index in [9.17, 15) is 19.5 Å². The molecule has 0 radical (unpaired) electrons. The van der Waals surface area contributed by atoms with Crippen molar-refractivity contribution in [1.29, 1.82) is 0 Å². The number of nitrogens with zero attached hydrogens (tertiary/aromatic N) is 2. The van der Waals surface area contributed by atoms with Crippen molar-refractivity contribution in [3.63, 3.8) is 0 Å². The Bertz CT molecular complexity index is 649. The first-order valence-electron chi connectivity index (χ1n) is 11.2. The molecule has 0 unspecified atom stereocenters. The molecule has 0 spiro atoms. The maximum absolute atomic E-state index is 12.3. The van der Waals surface area contributed by atoms with E-state index in [1.807, 2.05) is 12.3 Å². The van der Waals surface area contributed by atoms with E-state index in [1.165, 1.54) is 41.2 Å². The average Bonchev–Trinajstić information content (AvgIpc) is 3.05. The molecule has 2 rings (SSSR count). The van der Waals surface area contributed by atoms with E-state index in [0.29, 0.717) is 5.57 Å². The first kappa shape index (κ1) is 24.0. The van der Waals surface area contributed by atoms with Crippen molar-refractivity contribution in [2.45, 2.75) is 85.4 Å². The number of aliphatic carboxylic acids is 1. The van der Waals surface area contributed by atoms with Gasteiger partial charge in [-0.2, -0.15) is 0 Å². The molecular weight excluding hydrogens is 475 g/mol. The average molecular weight is 511 g/mol. The van der Waals surface area contributed by atoms with Gasteiger partial charge < -0.3 is 0 Å². The van der Waals surface area contributed by atoms with Crippen LogP contribution in [-0.4, -0.2) is 57.8 Å². The third kappa shape index (κ3) is 5.86. The number of hydrazine groups is 1. The molecule has 1 saturated heterocycles.